The van der Waals surface area contributed by atoms with E-state index in [1.807, 2.05) is 37.3 Å². The second kappa shape index (κ2) is 11.3. The molecule has 1 aromatic heterocycles. The molecule has 3 N–H and O–H groups in total. The summed E-state index contributed by atoms with van der Waals surface area (Å²) in [6, 6.07) is 16.9. The summed E-state index contributed by atoms with van der Waals surface area (Å²) in [6.07, 6.45) is 0.264. The largest absolute Gasteiger partial charge is 0.484 e. The SMILES string of the molecule is Cc1cc(OCC(=O)NNC(=O)[C@H](Cc2ccccc2)NC(=O)c2cccs2)ccc1Cl. The van der Waals surface area contributed by atoms with Gasteiger partial charge in [0.05, 0.1) is 4.88 Å². The van der Waals surface area contributed by atoms with Crippen molar-refractivity contribution in [1.82, 2.24) is 16.2 Å². The molecule has 0 radical (unpaired) electrons. The molecule has 1 atom stereocenters. The first-order valence-corrected chi connectivity index (χ1v) is 11.0. The molecule has 0 bridgehead atoms. The zero-order valence-electron chi connectivity index (χ0n) is 17.3. The molecule has 2 aromatic carbocycles. The van der Waals surface area contributed by atoms with Crippen LogP contribution in [0.3, 0.4) is 0 Å². The van der Waals surface area contributed by atoms with Crippen LogP contribution in [-0.4, -0.2) is 30.4 Å². The number of ether oxygens (including phenoxy) is 1. The predicted molar refractivity (Wildman–Crippen MR) is 124 cm³/mol. The Morgan fingerprint density at radius 2 is 1.81 bits per heavy atom. The molecule has 32 heavy (non-hydrogen) atoms. The van der Waals surface area contributed by atoms with Gasteiger partial charge in [-0.05, 0) is 47.7 Å². The average molecular weight is 472 g/mol. The number of benzene rings is 2. The second-order valence-electron chi connectivity index (χ2n) is 6.93. The number of thiophene rings is 1. The Hall–Kier alpha value is -3.36. The van der Waals surface area contributed by atoms with Crippen molar-refractivity contribution in [2.75, 3.05) is 6.61 Å². The minimum absolute atomic E-state index is 0.264. The van der Waals surface area contributed by atoms with Crippen LogP contribution in [0.15, 0.2) is 66.0 Å². The smallest absolute Gasteiger partial charge is 0.276 e. The number of carbonyl (C=O) groups is 3. The highest BCUT2D eigenvalue weighted by Gasteiger charge is 2.23. The lowest BCUT2D eigenvalue weighted by Gasteiger charge is -2.18. The van der Waals surface area contributed by atoms with Crippen LogP contribution in [0.2, 0.25) is 5.02 Å². The highest BCUT2D eigenvalue weighted by molar-refractivity contribution is 7.12. The summed E-state index contributed by atoms with van der Waals surface area (Å²) in [5.74, 6) is -0.967. The van der Waals surface area contributed by atoms with E-state index < -0.39 is 17.9 Å². The molecule has 0 unspecified atom stereocenters. The van der Waals surface area contributed by atoms with E-state index in [4.69, 9.17) is 16.3 Å². The molecule has 0 spiro atoms. The molecule has 0 saturated heterocycles. The number of nitrogens with one attached hydrogen (secondary N) is 3. The van der Waals surface area contributed by atoms with E-state index in [2.05, 4.69) is 16.2 Å². The zero-order chi connectivity index (χ0) is 22.9. The van der Waals surface area contributed by atoms with Crippen molar-refractivity contribution in [3.8, 4) is 5.75 Å². The molecule has 3 aromatic rings. The fraction of sp³-hybridized carbons (Fsp3) is 0.174. The van der Waals surface area contributed by atoms with Gasteiger partial charge in [-0.1, -0.05) is 48.0 Å². The lowest BCUT2D eigenvalue weighted by Crippen LogP contribution is -2.53. The Morgan fingerprint density at radius 3 is 2.50 bits per heavy atom. The topological polar surface area (TPSA) is 96.5 Å². The molecule has 0 aliphatic rings. The lowest BCUT2D eigenvalue weighted by molar-refractivity contribution is -0.130. The van der Waals surface area contributed by atoms with Crippen LogP contribution in [0.1, 0.15) is 20.8 Å². The van der Waals surface area contributed by atoms with Crippen LogP contribution in [-0.2, 0) is 16.0 Å². The molecule has 0 fully saturated rings. The second-order valence-corrected chi connectivity index (χ2v) is 8.29. The summed E-state index contributed by atoms with van der Waals surface area (Å²) in [5.41, 5.74) is 6.36. The normalized spacial score (nSPS) is 11.3. The Balaban J connectivity index is 1.56. The number of amides is 3. The minimum Gasteiger partial charge on any atom is -0.484 e. The maximum absolute atomic E-state index is 12.7. The lowest BCUT2D eigenvalue weighted by atomic mass is 10.1. The van der Waals surface area contributed by atoms with Crippen LogP contribution in [0.4, 0.5) is 0 Å². The summed E-state index contributed by atoms with van der Waals surface area (Å²) in [5, 5.41) is 5.11. The van der Waals surface area contributed by atoms with E-state index in [0.29, 0.717) is 15.6 Å². The third kappa shape index (κ3) is 6.83. The van der Waals surface area contributed by atoms with Crippen molar-refractivity contribution in [2.45, 2.75) is 19.4 Å². The van der Waals surface area contributed by atoms with Crippen molar-refractivity contribution >= 4 is 40.7 Å². The fourth-order valence-electron chi connectivity index (χ4n) is 2.81. The fourth-order valence-corrected chi connectivity index (χ4v) is 3.55. The van der Waals surface area contributed by atoms with Gasteiger partial charge in [0.1, 0.15) is 11.8 Å². The summed E-state index contributed by atoms with van der Waals surface area (Å²) < 4.78 is 5.42. The molecule has 1 heterocycles. The van der Waals surface area contributed by atoms with Crippen molar-refractivity contribution in [1.29, 1.82) is 0 Å². The van der Waals surface area contributed by atoms with Gasteiger partial charge < -0.3 is 10.1 Å². The van der Waals surface area contributed by atoms with Crippen molar-refractivity contribution in [3.05, 3.63) is 87.1 Å². The van der Waals surface area contributed by atoms with Crippen molar-refractivity contribution in [3.63, 3.8) is 0 Å². The highest BCUT2D eigenvalue weighted by atomic mass is 35.5. The summed E-state index contributed by atoms with van der Waals surface area (Å²) in [6.45, 7) is 1.53. The number of carbonyl (C=O) groups excluding carboxylic acids is 3. The van der Waals surface area contributed by atoms with Crippen LogP contribution in [0, 0.1) is 6.92 Å². The van der Waals surface area contributed by atoms with Gasteiger partial charge in [-0.3, -0.25) is 25.2 Å². The molecule has 9 heteroatoms. The van der Waals surface area contributed by atoms with E-state index in [9.17, 15) is 14.4 Å². The monoisotopic (exact) mass is 471 g/mol. The van der Waals surface area contributed by atoms with Crippen LogP contribution < -0.4 is 20.9 Å². The number of hydrogen-bond donors (Lipinski definition) is 3. The summed E-state index contributed by atoms with van der Waals surface area (Å²) in [4.78, 5) is 37.8. The molecule has 3 rings (SSSR count). The first kappa shape index (κ1) is 23.3. The quantitative estimate of drug-likeness (QED) is 0.439. The molecule has 7 nitrogen and oxygen atoms in total. The van der Waals surface area contributed by atoms with Crippen LogP contribution in [0.25, 0.3) is 0 Å². The Labute approximate surface area is 194 Å². The number of hydrogen-bond acceptors (Lipinski definition) is 5. The van der Waals surface area contributed by atoms with Gasteiger partial charge in [-0.25, -0.2) is 0 Å². The van der Waals surface area contributed by atoms with Gasteiger partial charge in [-0.2, -0.15) is 0 Å². The third-order valence-corrected chi connectivity index (χ3v) is 5.77. The third-order valence-electron chi connectivity index (χ3n) is 4.47. The summed E-state index contributed by atoms with van der Waals surface area (Å²) >= 11 is 7.25. The number of hydrazine groups is 1. The van der Waals surface area contributed by atoms with E-state index in [-0.39, 0.29) is 18.9 Å². The zero-order valence-corrected chi connectivity index (χ0v) is 18.8. The van der Waals surface area contributed by atoms with Gasteiger partial charge in [0.25, 0.3) is 17.7 Å². The van der Waals surface area contributed by atoms with E-state index in [1.54, 1.807) is 35.7 Å². The molecular formula is C23H22ClN3O4S. The van der Waals surface area contributed by atoms with E-state index in [1.165, 1.54) is 11.3 Å². The Bertz CT molecular complexity index is 1070. The predicted octanol–water partition coefficient (Wildman–Crippen LogP) is 3.28. The summed E-state index contributed by atoms with van der Waals surface area (Å²) in [7, 11) is 0. The van der Waals surface area contributed by atoms with Gasteiger partial charge in [0, 0.05) is 11.4 Å². The van der Waals surface area contributed by atoms with Gasteiger partial charge >= 0.3 is 0 Å². The maximum atomic E-state index is 12.7. The molecule has 0 saturated carbocycles. The van der Waals surface area contributed by atoms with Gasteiger partial charge in [-0.15, -0.1) is 11.3 Å². The number of aryl methyl sites for hydroxylation is 1. The molecular weight excluding hydrogens is 450 g/mol. The highest BCUT2D eigenvalue weighted by Crippen LogP contribution is 2.20. The Morgan fingerprint density at radius 1 is 1.03 bits per heavy atom. The standard InChI is InChI=1S/C23H22ClN3O4S/c1-15-12-17(9-10-18(15)24)31-14-21(28)26-27-22(29)19(13-16-6-3-2-4-7-16)25-23(30)20-8-5-11-32-20/h2-12,19H,13-14H2,1H3,(H,25,30)(H,26,28)(H,27,29)/t19-/m0/s1. The van der Waals surface area contributed by atoms with E-state index >= 15 is 0 Å². The minimum atomic E-state index is -0.882. The first-order chi connectivity index (χ1) is 15.4. The van der Waals surface area contributed by atoms with Crippen LogP contribution >= 0.6 is 22.9 Å². The van der Waals surface area contributed by atoms with Gasteiger partial charge in [0.2, 0.25) is 0 Å². The first-order valence-electron chi connectivity index (χ1n) is 9.78. The van der Waals surface area contributed by atoms with Gasteiger partial charge in [0.15, 0.2) is 6.61 Å². The van der Waals surface area contributed by atoms with E-state index in [0.717, 1.165) is 11.1 Å². The number of rotatable bonds is 8. The van der Waals surface area contributed by atoms with Crippen molar-refractivity contribution in [2.24, 2.45) is 0 Å². The average Bonchev–Trinajstić information content (AvgIpc) is 3.33. The molecule has 0 aliphatic heterocycles. The van der Waals surface area contributed by atoms with Crippen LogP contribution in [0.5, 0.6) is 5.75 Å². The molecule has 0 aliphatic carbocycles. The maximum Gasteiger partial charge on any atom is 0.276 e. The molecule has 3 amide bonds. The Kier molecular flexibility index (Phi) is 8.24. The number of halogens is 1. The van der Waals surface area contributed by atoms with Crippen molar-refractivity contribution < 1.29 is 19.1 Å². The molecule has 166 valence electrons.